The number of rotatable bonds is 4. The third-order valence-corrected chi connectivity index (χ3v) is 4.56. The van der Waals surface area contributed by atoms with Gasteiger partial charge < -0.3 is 0 Å². The van der Waals surface area contributed by atoms with Gasteiger partial charge in [-0.1, -0.05) is 32.4 Å². The maximum Gasteiger partial charge on any atom is 0.0133 e. The molecular formula is C15H27N. The van der Waals surface area contributed by atoms with Crippen LogP contribution in [0.15, 0.2) is 12.2 Å². The molecular weight excluding hydrogens is 194 g/mol. The summed E-state index contributed by atoms with van der Waals surface area (Å²) in [7, 11) is 0. The van der Waals surface area contributed by atoms with Crippen LogP contribution in [0.3, 0.4) is 0 Å². The number of fused-ring (bicyclic) bond motifs is 1. The van der Waals surface area contributed by atoms with Crippen LogP contribution in [0.1, 0.15) is 58.8 Å². The zero-order valence-corrected chi connectivity index (χ0v) is 11.0. The van der Waals surface area contributed by atoms with Crippen LogP contribution >= 0.6 is 0 Å². The van der Waals surface area contributed by atoms with Crippen molar-refractivity contribution < 1.29 is 0 Å². The maximum atomic E-state index is 2.83. The van der Waals surface area contributed by atoms with Gasteiger partial charge in [-0.15, -0.1) is 0 Å². The molecule has 2 aliphatic rings. The lowest BCUT2D eigenvalue weighted by Gasteiger charge is -2.42. The van der Waals surface area contributed by atoms with Gasteiger partial charge in [0.25, 0.3) is 0 Å². The van der Waals surface area contributed by atoms with Gasteiger partial charge >= 0.3 is 0 Å². The summed E-state index contributed by atoms with van der Waals surface area (Å²) < 4.78 is 0. The molecule has 0 radical (unpaired) electrons. The second-order valence-electron chi connectivity index (χ2n) is 5.46. The Morgan fingerprint density at radius 1 is 1.12 bits per heavy atom. The van der Waals surface area contributed by atoms with Gasteiger partial charge in [-0.3, -0.25) is 4.90 Å². The normalized spacial score (nSPS) is 35.8. The third kappa shape index (κ3) is 2.51. The second kappa shape index (κ2) is 5.86. The molecule has 3 atom stereocenters. The molecule has 0 aromatic carbocycles. The second-order valence-corrected chi connectivity index (χ2v) is 5.46. The van der Waals surface area contributed by atoms with Gasteiger partial charge in [0.2, 0.25) is 0 Å². The van der Waals surface area contributed by atoms with Crippen LogP contribution in [0.5, 0.6) is 0 Å². The van der Waals surface area contributed by atoms with E-state index in [2.05, 4.69) is 30.9 Å². The van der Waals surface area contributed by atoms with Crippen molar-refractivity contribution >= 4 is 0 Å². The molecule has 2 fully saturated rings. The van der Waals surface area contributed by atoms with E-state index in [9.17, 15) is 0 Å². The van der Waals surface area contributed by atoms with Crippen LogP contribution < -0.4 is 0 Å². The Hall–Kier alpha value is -0.300. The highest BCUT2D eigenvalue weighted by Gasteiger charge is 2.38. The Kier molecular flexibility index (Phi) is 4.45. The van der Waals surface area contributed by atoms with Gasteiger partial charge in [0.1, 0.15) is 0 Å². The van der Waals surface area contributed by atoms with E-state index in [4.69, 9.17) is 0 Å². The summed E-state index contributed by atoms with van der Waals surface area (Å²) in [6, 6.07) is 1.79. The molecule has 0 N–H and O–H groups in total. The minimum absolute atomic E-state index is 0.859. The van der Waals surface area contributed by atoms with Crippen molar-refractivity contribution in [1.82, 2.24) is 4.90 Å². The molecule has 1 heteroatoms. The fourth-order valence-electron chi connectivity index (χ4n) is 3.69. The molecule has 2 saturated heterocycles. The molecule has 2 rings (SSSR count). The fraction of sp³-hybridized carbons (Fsp3) is 0.867. The van der Waals surface area contributed by atoms with Crippen LogP contribution in [0.2, 0.25) is 0 Å². The third-order valence-electron chi connectivity index (χ3n) is 4.56. The molecule has 2 aliphatic heterocycles. The average Bonchev–Trinajstić information content (AvgIpc) is 2.79. The summed E-state index contributed by atoms with van der Waals surface area (Å²) >= 11 is 0. The summed E-state index contributed by atoms with van der Waals surface area (Å²) in [5, 5.41) is 0. The van der Waals surface area contributed by atoms with Crippen LogP contribution in [0.4, 0.5) is 0 Å². The summed E-state index contributed by atoms with van der Waals surface area (Å²) in [5.41, 5.74) is 0. The number of hydrogen-bond donors (Lipinski definition) is 0. The Bertz CT molecular complexity index is 234. The van der Waals surface area contributed by atoms with Crippen molar-refractivity contribution in [2.45, 2.75) is 70.9 Å². The van der Waals surface area contributed by atoms with E-state index < -0.39 is 0 Å². The van der Waals surface area contributed by atoms with E-state index in [0.29, 0.717) is 0 Å². The highest BCUT2D eigenvalue weighted by atomic mass is 15.2. The summed E-state index contributed by atoms with van der Waals surface area (Å²) in [6.07, 6.45) is 14.4. The largest absolute Gasteiger partial charge is 0.297 e. The molecule has 0 bridgehead atoms. The van der Waals surface area contributed by atoms with E-state index in [1.54, 1.807) is 0 Å². The molecule has 16 heavy (non-hydrogen) atoms. The summed E-state index contributed by atoms with van der Waals surface area (Å²) in [6.45, 7) is 5.97. The standard InChI is InChI=1S/C15H27N/c1-3-5-6-8-14-11-10-13(4-2)15-9-7-12-16(14)15/h5-6,13-15H,3-4,7-12H2,1-2H3/b6-5+/t13-,14-,15+/m1/s1. The van der Waals surface area contributed by atoms with Gasteiger partial charge in [-0.2, -0.15) is 0 Å². The Balaban J connectivity index is 1.93. The molecule has 0 saturated carbocycles. The van der Waals surface area contributed by atoms with Gasteiger partial charge in [-0.05, 0) is 51.0 Å². The van der Waals surface area contributed by atoms with Crippen molar-refractivity contribution in [3.8, 4) is 0 Å². The lowest BCUT2D eigenvalue weighted by Crippen LogP contribution is -2.46. The minimum atomic E-state index is 0.859. The van der Waals surface area contributed by atoms with Crippen LogP contribution in [-0.2, 0) is 0 Å². The first-order valence-corrected chi connectivity index (χ1v) is 7.27. The Morgan fingerprint density at radius 3 is 2.75 bits per heavy atom. The van der Waals surface area contributed by atoms with Crippen molar-refractivity contribution in [1.29, 1.82) is 0 Å². The predicted octanol–water partition coefficient (Wildman–Crippen LogP) is 4.00. The average molecular weight is 221 g/mol. The predicted molar refractivity (Wildman–Crippen MR) is 70.6 cm³/mol. The van der Waals surface area contributed by atoms with Crippen molar-refractivity contribution in [2.24, 2.45) is 5.92 Å². The molecule has 1 nitrogen and oxygen atoms in total. The number of allylic oxidation sites excluding steroid dienone is 1. The minimum Gasteiger partial charge on any atom is -0.297 e. The molecule has 92 valence electrons. The molecule has 0 aromatic rings. The van der Waals surface area contributed by atoms with Crippen molar-refractivity contribution in [2.75, 3.05) is 6.54 Å². The first kappa shape index (κ1) is 12.2. The van der Waals surface area contributed by atoms with Crippen LogP contribution in [0, 0.1) is 5.92 Å². The highest BCUT2D eigenvalue weighted by molar-refractivity contribution is 4.96. The molecule has 0 aliphatic carbocycles. The first-order chi connectivity index (χ1) is 7.86. The van der Waals surface area contributed by atoms with E-state index in [0.717, 1.165) is 18.0 Å². The highest BCUT2D eigenvalue weighted by Crippen LogP contribution is 2.37. The van der Waals surface area contributed by atoms with Gasteiger partial charge in [-0.25, -0.2) is 0 Å². The monoisotopic (exact) mass is 221 g/mol. The van der Waals surface area contributed by atoms with E-state index >= 15 is 0 Å². The van der Waals surface area contributed by atoms with E-state index in [1.807, 2.05) is 0 Å². The van der Waals surface area contributed by atoms with Gasteiger partial charge in [0, 0.05) is 12.1 Å². The lowest BCUT2D eigenvalue weighted by molar-refractivity contribution is 0.0735. The zero-order valence-electron chi connectivity index (χ0n) is 11.0. The van der Waals surface area contributed by atoms with E-state index in [-0.39, 0.29) is 0 Å². The lowest BCUT2D eigenvalue weighted by atomic mass is 9.83. The molecule has 0 spiro atoms. The number of hydrogen-bond acceptors (Lipinski definition) is 1. The first-order valence-electron chi connectivity index (χ1n) is 7.27. The maximum absolute atomic E-state index is 2.83. The Morgan fingerprint density at radius 2 is 2.00 bits per heavy atom. The Labute approximate surface area is 101 Å². The van der Waals surface area contributed by atoms with E-state index in [1.165, 1.54) is 51.5 Å². The van der Waals surface area contributed by atoms with Gasteiger partial charge in [0.15, 0.2) is 0 Å². The van der Waals surface area contributed by atoms with Crippen molar-refractivity contribution in [3.63, 3.8) is 0 Å². The SMILES string of the molecule is CC/C=C/C[C@@H]1CC[C@@H](CC)[C@@H]2CCCN12. The van der Waals surface area contributed by atoms with Crippen molar-refractivity contribution in [3.05, 3.63) is 12.2 Å². The number of nitrogens with zero attached hydrogens (tertiary/aromatic N) is 1. The quantitative estimate of drug-likeness (QED) is 0.649. The molecule has 0 aromatic heterocycles. The van der Waals surface area contributed by atoms with Crippen LogP contribution in [0.25, 0.3) is 0 Å². The smallest absolute Gasteiger partial charge is 0.0133 e. The summed E-state index contributed by atoms with van der Waals surface area (Å²) in [4.78, 5) is 2.83. The molecule has 2 heterocycles. The fourth-order valence-corrected chi connectivity index (χ4v) is 3.69. The zero-order chi connectivity index (χ0) is 11.4. The summed E-state index contributed by atoms with van der Waals surface area (Å²) in [5.74, 6) is 0.994. The van der Waals surface area contributed by atoms with Gasteiger partial charge in [0.05, 0.1) is 0 Å². The van der Waals surface area contributed by atoms with Crippen LogP contribution in [-0.4, -0.2) is 23.5 Å². The number of piperidine rings is 1. The topological polar surface area (TPSA) is 3.24 Å². The molecule has 0 unspecified atom stereocenters. The molecule has 0 amide bonds.